The Morgan fingerprint density at radius 3 is 2.42 bits per heavy atom. The van der Waals surface area contributed by atoms with Crippen LogP contribution in [-0.4, -0.2) is 60.2 Å². The molecule has 2 fully saturated rings. The molecule has 8 heteroatoms. The third-order valence-corrected chi connectivity index (χ3v) is 6.19. The van der Waals surface area contributed by atoms with Crippen molar-refractivity contribution in [2.45, 2.75) is 26.3 Å². The predicted molar refractivity (Wildman–Crippen MR) is 124 cm³/mol. The van der Waals surface area contributed by atoms with Gasteiger partial charge in [0.05, 0.1) is 5.92 Å². The number of halogens is 1. The first-order chi connectivity index (χ1) is 15.9. The second-order valence-corrected chi connectivity index (χ2v) is 8.71. The summed E-state index contributed by atoms with van der Waals surface area (Å²) >= 11 is 0. The molecule has 2 aromatic rings. The molecule has 174 valence electrons. The predicted octanol–water partition coefficient (Wildman–Crippen LogP) is 2.87. The van der Waals surface area contributed by atoms with E-state index in [2.05, 4.69) is 10.2 Å². The summed E-state index contributed by atoms with van der Waals surface area (Å²) in [6.07, 6.45) is 1.06. The number of benzene rings is 2. The maximum atomic E-state index is 13.2. The van der Waals surface area contributed by atoms with Crippen LogP contribution in [0.1, 0.15) is 25.3 Å². The quantitative estimate of drug-likeness (QED) is 0.757. The zero-order valence-corrected chi connectivity index (χ0v) is 18.8. The lowest BCUT2D eigenvalue weighted by Crippen LogP contribution is -2.39. The molecule has 2 saturated heterocycles. The van der Waals surface area contributed by atoms with Crippen LogP contribution >= 0.6 is 0 Å². The summed E-state index contributed by atoms with van der Waals surface area (Å²) in [5.41, 5.74) is 2.56. The van der Waals surface area contributed by atoms with Gasteiger partial charge in [0, 0.05) is 64.0 Å². The van der Waals surface area contributed by atoms with E-state index in [9.17, 15) is 18.8 Å². The molecular formula is C25H29FN4O3. The number of hydrogen-bond donors (Lipinski definition) is 1. The molecule has 0 saturated carbocycles. The molecule has 0 aliphatic carbocycles. The molecule has 1 atom stereocenters. The van der Waals surface area contributed by atoms with Crippen LogP contribution in [0.15, 0.2) is 48.5 Å². The monoisotopic (exact) mass is 452 g/mol. The maximum Gasteiger partial charge on any atom is 0.228 e. The summed E-state index contributed by atoms with van der Waals surface area (Å²) in [5, 5.41) is 2.77. The van der Waals surface area contributed by atoms with Crippen LogP contribution in [0, 0.1) is 11.7 Å². The summed E-state index contributed by atoms with van der Waals surface area (Å²) in [4.78, 5) is 42.6. The van der Waals surface area contributed by atoms with Crippen molar-refractivity contribution in [2.75, 3.05) is 42.9 Å². The smallest absolute Gasteiger partial charge is 0.228 e. The number of hydrogen-bond acceptors (Lipinski definition) is 4. The van der Waals surface area contributed by atoms with E-state index in [4.69, 9.17) is 0 Å². The Labute approximate surface area is 193 Å². The lowest BCUT2D eigenvalue weighted by Gasteiger charge is -2.24. The van der Waals surface area contributed by atoms with Crippen molar-refractivity contribution in [3.05, 3.63) is 59.9 Å². The topological polar surface area (TPSA) is 73.0 Å². The molecule has 1 N–H and O–H groups in total. The van der Waals surface area contributed by atoms with Crippen molar-refractivity contribution < 1.29 is 18.8 Å². The third kappa shape index (κ3) is 5.76. The van der Waals surface area contributed by atoms with Crippen molar-refractivity contribution in [1.82, 2.24) is 9.80 Å². The fourth-order valence-corrected chi connectivity index (χ4v) is 4.51. The minimum atomic E-state index is -0.365. The van der Waals surface area contributed by atoms with Gasteiger partial charge in [-0.2, -0.15) is 0 Å². The summed E-state index contributed by atoms with van der Waals surface area (Å²) in [5.74, 6) is -0.885. The van der Waals surface area contributed by atoms with Gasteiger partial charge in [-0.05, 0) is 48.4 Å². The molecule has 4 rings (SSSR count). The van der Waals surface area contributed by atoms with E-state index in [1.54, 1.807) is 17.0 Å². The van der Waals surface area contributed by atoms with Gasteiger partial charge >= 0.3 is 0 Å². The zero-order chi connectivity index (χ0) is 23.4. The van der Waals surface area contributed by atoms with Crippen molar-refractivity contribution in [3.8, 4) is 0 Å². The number of amides is 3. The molecule has 33 heavy (non-hydrogen) atoms. The number of rotatable bonds is 5. The summed E-state index contributed by atoms with van der Waals surface area (Å²) in [7, 11) is 0. The molecule has 0 aromatic heterocycles. The van der Waals surface area contributed by atoms with E-state index < -0.39 is 0 Å². The van der Waals surface area contributed by atoms with Gasteiger partial charge in [-0.3, -0.25) is 19.3 Å². The Kier molecular flexibility index (Phi) is 7.03. The molecular weight excluding hydrogens is 423 g/mol. The number of carbonyl (C=O) groups excluding carboxylic acids is 3. The van der Waals surface area contributed by atoms with E-state index in [1.807, 2.05) is 29.2 Å². The van der Waals surface area contributed by atoms with Gasteiger partial charge in [-0.1, -0.05) is 12.1 Å². The second-order valence-electron chi connectivity index (χ2n) is 8.71. The Balaban J connectivity index is 1.31. The van der Waals surface area contributed by atoms with E-state index in [-0.39, 0.29) is 35.9 Å². The lowest BCUT2D eigenvalue weighted by molar-refractivity contribution is -0.135. The molecule has 2 aliphatic heterocycles. The molecule has 2 heterocycles. The first-order valence-electron chi connectivity index (χ1n) is 11.3. The number of nitrogens with one attached hydrogen (secondary N) is 1. The highest BCUT2D eigenvalue weighted by atomic mass is 19.1. The van der Waals surface area contributed by atoms with Crippen LogP contribution in [0.3, 0.4) is 0 Å². The van der Waals surface area contributed by atoms with Crippen molar-refractivity contribution in [1.29, 1.82) is 0 Å². The van der Waals surface area contributed by atoms with Gasteiger partial charge in [-0.25, -0.2) is 4.39 Å². The summed E-state index contributed by atoms with van der Waals surface area (Å²) in [6, 6.07) is 13.6. The summed E-state index contributed by atoms with van der Waals surface area (Å²) in [6.45, 7) is 5.57. The average molecular weight is 453 g/mol. The third-order valence-electron chi connectivity index (χ3n) is 6.19. The first-order valence-corrected chi connectivity index (χ1v) is 11.3. The van der Waals surface area contributed by atoms with Crippen molar-refractivity contribution >= 4 is 29.1 Å². The maximum absolute atomic E-state index is 13.2. The Hall–Kier alpha value is -3.26. The minimum absolute atomic E-state index is 0.0227. The molecule has 7 nitrogen and oxygen atoms in total. The molecule has 0 spiro atoms. The Bertz CT molecular complexity index is 1010. The lowest BCUT2D eigenvalue weighted by atomic mass is 10.1. The SMILES string of the molecule is CC(=O)Nc1ccc(CN2CCCN(C(=O)C3CC(=O)N(c4ccc(F)cc4)C3)CC2)cc1. The Morgan fingerprint density at radius 2 is 1.73 bits per heavy atom. The van der Waals surface area contributed by atoms with E-state index in [1.165, 1.54) is 19.1 Å². The number of nitrogens with zero attached hydrogens (tertiary/aromatic N) is 3. The van der Waals surface area contributed by atoms with E-state index in [0.717, 1.165) is 37.3 Å². The van der Waals surface area contributed by atoms with Crippen LogP contribution in [-0.2, 0) is 20.9 Å². The first kappa shape index (κ1) is 22.9. The van der Waals surface area contributed by atoms with Gasteiger partial charge in [0.25, 0.3) is 0 Å². The minimum Gasteiger partial charge on any atom is -0.341 e. The zero-order valence-electron chi connectivity index (χ0n) is 18.8. The standard InChI is InChI=1S/C25H29FN4O3/c1-18(31)27-22-7-3-19(4-8-22)16-28-11-2-12-29(14-13-28)25(33)20-15-24(32)30(17-20)23-9-5-21(26)6-10-23/h3-10,20H,2,11-17H2,1H3,(H,27,31). The molecule has 0 radical (unpaired) electrons. The fourth-order valence-electron chi connectivity index (χ4n) is 4.51. The normalized spacial score (nSPS) is 19.5. The largest absolute Gasteiger partial charge is 0.341 e. The second kappa shape index (κ2) is 10.1. The highest BCUT2D eigenvalue weighted by Crippen LogP contribution is 2.27. The van der Waals surface area contributed by atoms with Crippen molar-refractivity contribution in [2.24, 2.45) is 5.92 Å². The number of carbonyl (C=O) groups is 3. The van der Waals surface area contributed by atoms with Gasteiger partial charge in [0.2, 0.25) is 17.7 Å². The van der Waals surface area contributed by atoms with Crippen LogP contribution < -0.4 is 10.2 Å². The molecule has 3 amide bonds. The van der Waals surface area contributed by atoms with Crippen LogP contribution in [0.2, 0.25) is 0 Å². The van der Waals surface area contributed by atoms with Gasteiger partial charge in [0.15, 0.2) is 0 Å². The Morgan fingerprint density at radius 1 is 1.00 bits per heavy atom. The highest BCUT2D eigenvalue weighted by molar-refractivity contribution is 6.00. The van der Waals surface area contributed by atoms with E-state index in [0.29, 0.717) is 25.3 Å². The van der Waals surface area contributed by atoms with Gasteiger partial charge in [0.1, 0.15) is 5.82 Å². The van der Waals surface area contributed by atoms with Gasteiger partial charge < -0.3 is 15.1 Å². The molecule has 1 unspecified atom stereocenters. The highest BCUT2D eigenvalue weighted by Gasteiger charge is 2.37. The van der Waals surface area contributed by atoms with Crippen LogP contribution in [0.5, 0.6) is 0 Å². The van der Waals surface area contributed by atoms with E-state index >= 15 is 0 Å². The molecule has 0 bridgehead atoms. The number of anilines is 2. The fraction of sp³-hybridized carbons (Fsp3) is 0.400. The van der Waals surface area contributed by atoms with Crippen LogP contribution in [0.4, 0.5) is 15.8 Å². The van der Waals surface area contributed by atoms with Crippen LogP contribution in [0.25, 0.3) is 0 Å². The van der Waals surface area contributed by atoms with Gasteiger partial charge in [-0.15, -0.1) is 0 Å². The summed E-state index contributed by atoms with van der Waals surface area (Å²) < 4.78 is 13.2. The molecule has 2 aliphatic rings. The molecule has 2 aromatic carbocycles. The average Bonchev–Trinajstić information content (AvgIpc) is 3.03. The van der Waals surface area contributed by atoms with Crippen molar-refractivity contribution in [3.63, 3.8) is 0 Å².